The third-order valence-electron chi connectivity index (χ3n) is 5.49. The van der Waals surface area contributed by atoms with Crippen LogP contribution in [0.15, 0.2) is 41.4 Å². The monoisotopic (exact) mass is 455 g/mol. The van der Waals surface area contributed by atoms with E-state index in [4.69, 9.17) is 0 Å². The van der Waals surface area contributed by atoms with Crippen molar-refractivity contribution >= 4 is 33.0 Å². The van der Waals surface area contributed by atoms with Gasteiger partial charge >= 0.3 is 6.18 Å². The lowest BCUT2D eigenvalue weighted by molar-refractivity contribution is -0.168. The maximum atomic E-state index is 13.2. The molecule has 4 rings (SSSR count). The molecule has 0 bridgehead atoms. The molecule has 0 aromatic heterocycles. The van der Waals surface area contributed by atoms with E-state index >= 15 is 0 Å². The molecule has 2 amide bonds. The minimum Gasteiger partial charge on any atom is -0.370 e. The summed E-state index contributed by atoms with van der Waals surface area (Å²) in [4.78, 5) is 27.6. The molecular weight excluding hydrogens is 435 g/mol. The lowest BCUT2D eigenvalue weighted by Gasteiger charge is -2.25. The van der Waals surface area contributed by atoms with Gasteiger partial charge in [0.1, 0.15) is 0 Å². The standard InChI is InChI=1S/C20H20F3N3O4S/c21-20(22,23)14-5-6-26(12-14)17-11-15(24-18(27)13-1-2-13)3-4-16(17)19(28)25-7-9-31(29,30)10-8-25/h3-4,7-11,13-14H,1-2,5-6,12H2,(H,24,27). The molecule has 2 aliphatic heterocycles. The van der Waals surface area contributed by atoms with Gasteiger partial charge in [0.25, 0.3) is 5.91 Å². The molecule has 1 N–H and O–H groups in total. The van der Waals surface area contributed by atoms with Gasteiger partial charge in [0, 0.05) is 37.1 Å². The van der Waals surface area contributed by atoms with Crippen molar-refractivity contribution in [3.05, 3.63) is 47.0 Å². The van der Waals surface area contributed by atoms with E-state index in [1.54, 1.807) is 0 Å². The van der Waals surface area contributed by atoms with Crippen LogP contribution in [0.1, 0.15) is 29.6 Å². The number of nitrogens with one attached hydrogen (secondary N) is 1. The number of carbonyl (C=O) groups is 2. The number of nitrogens with zero attached hydrogens (tertiary/aromatic N) is 2. The van der Waals surface area contributed by atoms with Crippen LogP contribution in [-0.4, -0.2) is 44.4 Å². The van der Waals surface area contributed by atoms with Crippen LogP contribution in [0.4, 0.5) is 24.5 Å². The van der Waals surface area contributed by atoms with Crippen LogP contribution in [0.2, 0.25) is 0 Å². The van der Waals surface area contributed by atoms with E-state index in [9.17, 15) is 31.2 Å². The maximum absolute atomic E-state index is 13.2. The minimum absolute atomic E-state index is 0.0586. The summed E-state index contributed by atoms with van der Waals surface area (Å²) in [5.74, 6) is -2.32. The van der Waals surface area contributed by atoms with Crippen LogP contribution in [0, 0.1) is 11.8 Å². The first kappa shape index (κ1) is 21.4. The molecule has 1 saturated carbocycles. The number of hydrogen-bond acceptors (Lipinski definition) is 5. The third kappa shape index (κ3) is 4.76. The number of anilines is 2. The zero-order valence-electron chi connectivity index (χ0n) is 16.3. The number of hydrogen-bond donors (Lipinski definition) is 1. The Morgan fingerprint density at radius 3 is 2.32 bits per heavy atom. The number of benzene rings is 1. The zero-order chi connectivity index (χ0) is 22.4. The molecule has 1 aromatic rings. The van der Waals surface area contributed by atoms with E-state index in [0.29, 0.717) is 5.69 Å². The van der Waals surface area contributed by atoms with Gasteiger partial charge in [0.05, 0.1) is 28.0 Å². The first-order valence-corrected chi connectivity index (χ1v) is 11.4. The van der Waals surface area contributed by atoms with Gasteiger partial charge in [0.2, 0.25) is 5.91 Å². The summed E-state index contributed by atoms with van der Waals surface area (Å²) < 4.78 is 62.6. The highest BCUT2D eigenvalue weighted by atomic mass is 32.2. The molecule has 1 unspecified atom stereocenters. The third-order valence-corrected chi connectivity index (χ3v) is 6.49. The summed E-state index contributed by atoms with van der Waals surface area (Å²) >= 11 is 0. The van der Waals surface area contributed by atoms with Crippen molar-refractivity contribution in [3.63, 3.8) is 0 Å². The molecule has 31 heavy (non-hydrogen) atoms. The second-order valence-electron chi connectivity index (χ2n) is 7.84. The van der Waals surface area contributed by atoms with Crippen molar-refractivity contribution in [1.29, 1.82) is 0 Å². The largest absolute Gasteiger partial charge is 0.393 e. The number of rotatable bonds is 4. The highest BCUT2D eigenvalue weighted by Crippen LogP contribution is 2.38. The van der Waals surface area contributed by atoms with Crippen molar-refractivity contribution in [2.24, 2.45) is 11.8 Å². The predicted octanol–water partition coefficient (Wildman–Crippen LogP) is 3.24. The minimum atomic E-state index is -4.34. The summed E-state index contributed by atoms with van der Waals surface area (Å²) in [6.45, 7) is -0.200. The van der Waals surface area contributed by atoms with Crippen molar-refractivity contribution < 1.29 is 31.2 Å². The Hall–Kier alpha value is -2.82. The van der Waals surface area contributed by atoms with Gasteiger partial charge in [-0.1, -0.05) is 0 Å². The molecule has 1 saturated heterocycles. The molecule has 166 valence electrons. The number of amides is 2. The topological polar surface area (TPSA) is 86.8 Å². The Labute approximate surface area is 177 Å². The molecule has 2 heterocycles. The van der Waals surface area contributed by atoms with E-state index in [0.717, 1.165) is 41.0 Å². The Kier molecular flexibility index (Phi) is 5.32. The van der Waals surface area contributed by atoms with Crippen molar-refractivity contribution in [3.8, 4) is 0 Å². The van der Waals surface area contributed by atoms with Crippen LogP contribution in [-0.2, 0) is 14.6 Å². The fourth-order valence-corrected chi connectivity index (χ4v) is 4.25. The van der Waals surface area contributed by atoms with Crippen LogP contribution >= 0.6 is 0 Å². The van der Waals surface area contributed by atoms with E-state index < -0.39 is 27.8 Å². The van der Waals surface area contributed by atoms with E-state index in [1.165, 1.54) is 23.1 Å². The summed E-state index contributed by atoms with van der Waals surface area (Å²) in [6, 6.07) is 4.45. The first-order valence-electron chi connectivity index (χ1n) is 9.74. The highest BCUT2D eigenvalue weighted by Gasteiger charge is 2.44. The second-order valence-corrected chi connectivity index (χ2v) is 9.56. The second kappa shape index (κ2) is 7.70. The molecule has 7 nitrogen and oxygen atoms in total. The summed E-state index contributed by atoms with van der Waals surface area (Å²) in [6.07, 6.45) is -0.670. The van der Waals surface area contributed by atoms with Crippen LogP contribution in [0.25, 0.3) is 0 Å². The van der Waals surface area contributed by atoms with E-state index in [-0.39, 0.29) is 42.6 Å². The molecule has 1 atom stereocenters. The SMILES string of the molecule is O=C(Nc1ccc(C(=O)N2C=CS(=O)(=O)C=C2)c(N2CCC(C(F)(F)F)C2)c1)C1CC1. The summed E-state index contributed by atoms with van der Waals surface area (Å²) in [5, 5.41) is 4.48. The van der Waals surface area contributed by atoms with Gasteiger partial charge < -0.3 is 10.2 Å². The zero-order valence-corrected chi connectivity index (χ0v) is 17.1. The van der Waals surface area contributed by atoms with Gasteiger partial charge in [-0.2, -0.15) is 13.2 Å². The number of halogens is 3. The Morgan fingerprint density at radius 1 is 1.06 bits per heavy atom. The molecule has 0 spiro atoms. The van der Waals surface area contributed by atoms with Gasteiger partial charge in [-0.15, -0.1) is 0 Å². The highest BCUT2D eigenvalue weighted by molar-refractivity contribution is 7.97. The van der Waals surface area contributed by atoms with E-state index in [1.807, 2.05) is 0 Å². The molecule has 3 aliphatic rings. The van der Waals surface area contributed by atoms with Crippen LogP contribution in [0.5, 0.6) is 0 Å². The normalized spacial score (nSPS) is 22.6. The van der Waals surface area contributed by atoms with Crippen molar-refractivity contribution in [1.82, 2.24) is 4.90 Å². The number of sulfone groups is 1. The van der Waals surface area contributed by atoms with Crippen LogP contribution < -0.4 is 10.2 Å². The maximum Gasteiger partial charge on any atom is 0.393 e. The molecule has 2 fully saturated rings. The lowest BCUT2D eigenvalue weighted by atomic mass is 10.1. The fraction of sp³-hybridized carbons (Fsp3) is 0.400. The fourth-order valence-electron chi connectivity index (χ4n) is 3.56. The molecule has 1 aliphatic carbocycles. The average Bonchev–Trinajstić information content (AvgIpc) is 3.43. The lowest BCUT2D eigenvalue weighted by Crippen LogP contribution is -2.30. The number of alkyl halides is 3. The Balaban J connectivity index is 1.64. The van der Waals surface area contributed by atoms with Gasteiger partial charge in [0.15, 0.2) is 9.84 Å². The summed E-state index contributed by atoms with van der Waals surface area (Å²) in [7, 11) is -3.54. The number of carbonyl (C=O) groups excluding carboxylic acids is 2. The van der Waals surface area contributed by atoms with Gasteiger partial charge in [-0.3, -0.25) is 14.5 Å². The molecule has 0 radical (unpaired) electrons. The molecule has 1 aromatic carbocycles. The van der Waals surface area contributed by atoms with Gasteiger partial charge in [-0.05, 0) is 37.5 Å². The molecule has 11 heteroatoms. The Bertz CT molecular complexity index is 1060. The van der Waals surface area contributed by atoms with E-state index in [2.05, 4.69) is 5.32 Å². The first-order chi connectivity index (χ1) is 14.5. The van der Waals surface area contributed by atoms with Crippen molar-refractivity contribution in [2.45, 2.75) is 25.4 Å². The average molecular weight is 455 g/mol. The van der Waals surface area contributed by atoms with Gasteiger partial charge in [-0.25, -0.2) is 8.42 Å². The van der Waals surface area contributed by atoms with Crippen molar-refractivity contribution in [2.75, 3.05) is 23.3 Å². The summed E-state index contributed by atoms with van der Waals surface area (Å²) in [5.41, 5.74) is 0.771. The Morgan fingerprint density at radius 2 is 1.74 bits per heavy atom. The van der Waals surface area contributed by atoms with Crippen LogP contribution in [0.3, 0.4) is 0 Å². The predicted molar refractivity (Wildman–Crippen MR) is 108 cm³/mol. The smallest absolute Gasteiger partial charge is 0.370 e. The quantitative estimate of drug-likeness (QED) is 0.753. The molecular formula is C20H20F3N3O4S.